The molecule has 0 saturated heterocycles. The van der Waals surface area contributed by atoms with Crippen LogP contribution in [0.5, 0.6) is 0 Å². The number of carboxylic acid groups (broad SMARTS) is 2. The molecule has 0 bridgehead atoms. The van der Waals surface area contributed by atoms with Crippen molar-refractivity contribution in [2.45, 2.75) is 12.7 Å². The molecule has 1 aromatic heterocycles. The van der Waals surface area contributed by atoms with Gasteiger partial charge in [-0.2, -0.15) is 13.2 Å². The number of benzene rings is 2. The van der Waals surface area contributed by atoms with Crippen molar-refractivity contribution in [2.24, 2.45) is 7.05 Å². The van der Waals surface area contributed by atoms with Crippen LogP contribution in [-0.4, -0.2) is 31.7 Å². The first-order valence-electron chi connectivity index (χ1n) is 8.63. The van der Waals surface area contributed by atoms with Crippen LogP contribution in [0.3, 0.4) is 0 Å². The minimum atomic E-state index is -4.31. The van der Waals surface area contributed by atoms with Gasteiger partial charge in [-0.25, -0.2) is 14.6 Å². The van der Waals surface area contributed by atoms with Crippen LogP contribution >= 0.6 is 15.9 Å². The predicted octanol–water partition coefficient (Wildman–Crippen LogP) is 4.64. The second-order valence-electron chi connectivity index (χ2n) is 6.19. The SMILES string of the molecule is Cn1c(-c2cccc(Br)c2)cnc1NCc1ccc(C(F)(F)F)cc1.O=C(O)C(=O)O. The standard InChI is InChI=1S/C18H15BrF3N3.C2H2O4/c1-25-16(13-3-2-4-15(19)9-13)11-24-17(25)23-10-12-5-7-14(8-6-12)18(20,21)22;3-1(4)2(5)6/h2-9,11H,10H2,1H3,(H,23,24);(H,3,4)(H,5,6). The lowest BCUT2D eigenvalue weighted by Crippen LogP contribution is -2.09. The van der Waals surface area contributed by atoms with Crippen LogP contribution in [0, 0.1) is 0 Å². The van der Waals surface area contributed by atoms with Crippen LogP contribution in [0.4, 0.5) is 19.1 Å². The Balaban J connectivity index is 0.000000501. The molecule has 0 saturated carbocycles. The lowest BCUT2D eigenvalue weighted by molar-refractivity contribution is -0.159. The summed E-state index contributed by atoms with van der Waals surface area (Å²) in [4.78, 5) is 22.5. The summed E-state index contributed by atoms with van der Waals surface area (Å²) in [6, 6.07) is 13.0. The first kappa shape index (κ1) is 23.9. The van der Waals surface area contributed by atoms with Gasteiger partial charge in [0, 0.05) is 23.6 Å². The third-order valence-corrected chi connectivity index (χ3v) is 4.52. The molecular weight excluding hydrogens is 483 g/mol. The summed E-state index contributed by atoms with van der Waals surface area (Å²) >= 11 is 3.45. The van der Waals surface area contributed by atoms with E-state index < -0.39 is 23.7 Å². The highest BCUT2D eigenvalue weighted by molar-refractivity contribution is 9.10. The second-order valence-corrected chi connectivity index (χ2v) is 7.11. The number of hydrogen-bond acceptors (Lipinski definition) is 4. The smallest absolute Gasteiger partial charge is 0.416 e. The van der Waals surface area contributed by atoms with E-state index in [1.165, 1.54) is 12.1 Å². The largest absolute Gasteiger partial charge is 0.473 e. The molecule has 3 aromatic rings. The molecule has 3 N–H and O–H groups in total. The Kier molecular flexibility index (Phi) is 7.81. The van der Waals surface area contributed by atoms with E-state index in [0.717, 1.165) is 33.4 Å². The van der Waals surface area contributed by atoms with Crippen molar-refractivity contribution in [2.75, 3.05) is 5.32 Å². The summed E-state index contributed by atoms with van der Waals surface area (Å²) < 4.78 is 40.6. The number of alkyl halides is 3. The summed E-state index contributed by atoms with van der Waals surface area (Å²) in [5, 5.41) is 17.9. The lowest BCUT2D eigenvalue weighted by atomic mass is 10.1. The van der Waals surface area contributed by atoms with Crippen LogP contribution in [0.25, 0.3) is 11.3 Å². The number of anilines is 1. The van der Waals surface area contributed by atoms with E-state index in [4.69, 9.17) is 19.8 Å². The number of carbonyl (C=O) groups is 2. The summed E-state index contributed by atoms with van der Waals surface area (Å²) in [7, 11) is 1.89. The Hall–Kier alpha value is -3.34. The predicted molar refractivity (Wildman–Crippen MR) is 110 cm³/mol. The topological polar surface area (TPSA) is 104 Å². The van der Waals surface area contributed by atoms with Crippen molar-refractivity contribution in [1.82, 2.24) is 9.55 Å². The Morgan fingerprint density at radius 3 is 2.23 bits per heavy atom. The number of aromatic nitrogens is 2. The van der Waals surface area contributed by atoms with Crippen molar-refractivity contribution >= 4 is 33.8 Å². The number of halogens is 4. The van der Waals surface area contributed by atoms with Crippen molar-refractivity contribution in [1.29, 1.82) is 0 Å². The molecular formula is C20H17BrF3N3O4. The number of rotatable bonds is 4. The normalized spacial score (nSPS) is 10.7. The van der Waals surface area contributed by atoms with Gasteiger partial charge in [-0.1, -0.05) is 40.2 Å². The van der Waals surface area contributed by atoms with Crippen molar-refractivity contribution in [3.8, 4) is 11.3 Å². The third-order valence-electron chi connectivity index (χ3n) is 4.02. The van der Waals surface area contributed by atoms with Crippen LogP contribution < -0.4 is 5.32 Å². The van der Waals surface area contributed by atoms with Gasteiger partial charge in [0.1, 0.15) is 0 Å². The highest BCUT2D eigenvalue weighted by Gasteiger charge is 2.29. The fourth-order valence-corrected chi connectivity index (χ4v) is 2.88. The van der Waals surface area contributed by atoms with E-state index in [9.17, 15) is 13.2 Å². The average Bonchev–Trinajstić information content (AvgIpc) is 3.07. The highest BCUT2D eigenvalue weighted by atomic mass is 79.9. The summed E-state index contributed by atoms with van der Waals surface area (Å²) in [5.41, 5.74) is 2.06. The van der Waals surface area contributed by atoms with Crippen LogP contribution in [0.1, 0.15) is 11.1 Å². The molecule has 0 amide bonds. The van der Waals surface area contributed by atoms with Gasteiger partial charge in [0.05, 0.1) is 17.5 Å². The fraction of sp³-hybridized carbons (Fsp3) is 0.150. The van der Waals surface area contributed by atoms with Gasteiger partial charge in [-0.15, -0.1) is 0 Å². The Bertz CT molecular complexity index is 1050. The first-order chi connectivity index (χ1) is 14.5. The zero-order chi connectivity index (χ0) is 23.2. The maximum absolute atomic E-state index is 12.6. The number of aliphatic carboxylic acids is 2. The van der Waals surface area contributed by atoms with Crippen LogP contribution in [0.15, 0.2) is 59.2 Å². The highest BCUT2D eigenvalue weighted by Crippen LogP contribution is 2.29. The molecule has 2 aromatic carbocycles. The molecule has 3 rings (SSSR count). The number of carboxylic acids is 2. The molecule has 0 fully saturated rings. The first-order valence-corrected chi connectivity index (χ1v) is 9.42. The molecule has 31 heavy (non-hydrogen) atoms. The Labute approximate surface area is 183 Å². The number of nitrogens with zero attached hydrogens (tertiary/aromatic N) is 2. The summed E-state index contributed by atoms with van der Waals surface area (Å²) in [6.45, 7) is 0.390. The Morgan fingerprint density at radius 2 is 1.71 bits per heavy atom. The second kappa shape index (κ2) is 10.1. The van der Waals surface area contributed by atoms with Gasteiger partial charge in [0.25, 0.3) is 0 Å². The molecule has 0 aliphatic heterocycles. The van der Waals surface area contributed by atoms with E-state index in [2.05, 4.69) is 26.2 Å². The molecule has 7 nitrogen and oxygen atoms in total. The van der Waals surface area contributed by atoms with Crippen molar-refractivity contribution < 1.29 is 33.0 Å². The van der Waals surface area contributed by atoms with Crippen LogP contribution in [0.2, 0.25) is 0 Å². The number of imidazole rings is 1. The fourth-order valence-electron chi connectivity index (χ4n) is 2.48. The molecule has 1 heterocycles. The molecule has 0 unspecified atom stereocenters. The van der Waals surface area contributed by atoms with Gasteiger partial charge in [-0.05, 0) is 29.8 Å². The van der Waals surface area contributed by atoms with E-state index in [-0.39, 0.29) is 0 Å². The van der Waals surface area contributed by atoms with Gasteiger partial charge < -0.3 is 20.1 Å². The zero-order valence-corrected chi connectivity index (χ0v) is 17.6. The Morgan fingerprint density at radius 1 is 1.10 bits per heavy atom. The zero-order valence-electron chi connectivity index (χ0n) is 16.0. The molecule has 0 aliphatic carbocycles. The van der Waals surface area contributed by atoms with E-state index in [1.54, 1.807) is 6.20 Å². The molecule has 0 radical (unpaired) electrons. The lowest BCUT2D eigenvalue weighted by Gasteiger charge is -2.10. The third kappa shape index (κ3) is 6.85. The number of nitrogens with one attached hydrogen (secondary N) is 1. The van der Waals surface area contributed by atoms with Gasteiger partial charge >= 0.3 is 18.1 Å². The van der Waals surface area contributed by atoms with Gasteiger partial charge in [-0.3, -0.25) is 0 Å². The maximum atomic E-state index is 12.6. The molecule has 0 atom stereocenters. The van der Waals surface area contributed by atoms with Crippen molar-refractivity contribution in [3.63, 3.8) is 0 Å². The van der Waals surface area contributed by atoms with Gasteiger partial charge in [0.15, 0.2) is 0 Å². The summed E-state index contributed by atoms with van der Waals surface area (Å²) in [5.74, 6) is -3.00. The minimum absolute atomic E-state index is 0.390. The van der Waals surface area contributed by atoms with E-state index >= 15 is 0 Å². The number of hydrogen-bond donors (Lipinski definition) is 3. The molecule has 0 aliphatic rings. The summed E-state index contributed by atoms with van der Waals surface area (Å²) in [6.07, 6.45) is -2.55. The van der Waals surface area contributed by atoms with E-state index in [1.807, 2.05) is 35.9 Å². The average molecular weight is 500 g/mol. The van der Waals surface area contributed by atoms with Gasteiger partial charge in [0.2, 0.25) is 5.95 Å². The molecule has 0 spiro atoms. The molecule has 11 heteroatoms. The molecule has 164 valence electrons. The maximum Gasteiger partial charge on any atom is 0.416 e. The van der Waals surface area contributed by atoms with Crippen molar-refractivity contribution in [3.05, 3.63) is 70.3 Å². The van der Waals surface area contributed by atoms with E-state index in [0.29, 0.717) is 12.5 Å². The quantitative estimate of drug-likeness (QED) is 0.452. The monoisotopic (exact) mass is 499 g/mol. The van der Waals surface area contributed by atoms with Crippen LogP contribution in [-0.2, 0) is 29.4 Å². The minimum Gasteiger partial charge on any atom is -0.473 e.